The van der Waals surface area contributed by atoms with E-state index in [-0.39, 0.29) is 0 Å². The number of hydrogen-bond acceptors (Lipinski definition) is 4. The molecular weight excluding hydrogens is 226 g/mol. The van der Waals surface area contributed by atoms with Crippen molar-refractivity contribution in [3.05, 3.63) is 48.5 Å². The molecule has 0 amide bonds. The van der Waals surface area contributed by atoms with E-state index >= 15 is 0 Å². The summed E-state index contributed by atoms with van der Waals surface area (Å²) in [6.07, 6.45) is 6.29. The second-order valence-corrected chi connectivity index (χ2v) is 4.07. The molecule has 0 spiro atoms. The Balaban J connectivity index is 2.12. The van der Waals surface area contributed by atoms with Crippen LogP contribution in [-0.2, 0) is 6.42 Å². The van der Waals surface area contributed by atoms with Crippen molar-refractivity contribution in [1.29, 1.82) is 0 Å². The first-order chi connectivity index (χ1) is 8.88. The smallest absolute Gasteiger partial charge is 0.0844 e. The zero-order valence-electron chi connectivity index (χ0n) is 9.82. The topological polar surface area (TPSA) is 69.6 Å². The molecule has 0 aliphatic carbocycles. The molecule has 0 fully saturated rings. The second kappa shape index (κ2) is 4.54. The van der Waals surface area contributed by atoms with Crippen molar-refractivity contribution in [3.63, 3.8) is 0 Å². The van der Waals surface area contributed by atoms with E-state index in [9.17, 15) is 0 Å². The normalized spacial score (nSPS) is 10.9. The van der Waals surface area contributed by atoms with E-state index in [1.807, 2.05) is 36.7 Å². The molecule has 0 saturated heterocycles. The third-order valence-corrected chi connectivity index (χ3v) is 2.85. The van der Waals surface area contributed by atoms with Gasteiger partial charge in [-0.15, -0.1) is 5.10 Å². The van der Waals surface area contributed by atoms with Gasteiger partial charge in [-0.3, -0.25) is 4.98 Å². The summed E-state index contributed by atoms with van der Waals surface area (Å²) in [7, 11) is 0. The highest BCUT2D eigenvalue weighted by Gasteiger charge is 2.05. The van der Waals surface area contributed by atoms with E-state index in [0.717, 1.165) is 28.6 Å². The quantitative estimate of drug-likeness (QED) is 0.748. The van der Waals surface area contributed by atoms with Crippen molar-refractivity contribution in [2.24, 2.45) is 5.73 Å². The Kier molecular flexibility index (Phi) is 2.74. The molecule has 0 atom stereocenters. The summed E-state index contributed by atoms with van der Waals surface area (Å²) in [6, 6.07) is 8.02. The van der Waals surface area contributed by atoms with E-state index in [1.165, 1.54) is 0 Å². The second-order valence-electron chi connectivity index (χ2n) is 4.07. The summed E-state index contributed by atoms with van der Waals surface area (Å²) >= 11 is 0. The largest absolute Gasteiger partial charge is 0.330 e. The summed E-state index contributed by atoms with van der Waals surface area (Å²) in [5.74, 6) is 0. The van der Waals surface area contributed by atoms with Crippen molar-refractivity contribution in [3.8, 4) is 5.69 Å². The van der Waals surface area contributed by atoms with Crippen molar-refractivity contribution in [1.82, 2.24) is 20.0 Å². The van der Waals surface area contributed by atoms with E-state index in [4.69, 9.17) is 5.73 Å². The van der Waals surface area contributed by atoms with Crippen LogP contribution in [0.1, 0.15) is 5.69 Å². The third-order valence-electron chi connectivity index (χ3n) is 2.85. The van der Waals surface area contributed by atoms with Crippen LogP contribution < -0.4 is 5.73 Å². The van der Waals surface area contributed by atoms with Crippen LogP contribution in [0, 0.1) is 0 Å². The third kappa shape index (κ3) is 1.84. The number of pyridine rings is 1. The molecule has 5 heteroatoms. The van der Waals surface area contributed by atoms with Gasteiger partial charge in [0, 0.05) is 29.6 Å². The fourth-order valence-electron chi connectivity index (χ4n) is 1.98. The van der Waals surface area contributed by atoms with Crippen LogP contribution in [0.15, 0.2) is 42.9 Å². The fourth-order valence-corrected chi connectivity index (χ4v) is 1.98. The van der Waals surface area contributed by atoms with Gasteiger partial charge >= 0.3 is 0 Å². The molecule has 18 heavy (non-hydrogen) atoms. The Bertz CT molecular complexity index is 668. The summed E-state index contributed by atoms with van der Waals surface area (Å²) in [5.41, 5.74) is 7.43. The minimum atomic E-state index is 0.581. The summed E-state index contributed by atoms with van der Waals surface area (Å²) in [5, 5.41) is 10.4. The van der Waals surface area contributed by atoms with Crippen LogP contribution in [0.4, 0.5) is 0 Å². The fraction of sp³-hybridized carbons (Fsp3) is 0.154. The van der Waals surface area contributed by atoms with Crippen LogP contribution in [0.5, 0.6) is 0 Å². The zero-order valence-corrected chi connectivity index (χ0v) is 9.82. The molecule has 0 bridgehead atoms. The predicted molar refractivity (Wildman–Crippen MR) is 69.4 cm³/mol. The number of nitrogens with zero attached hydrogens (tertiary/aromatic N) is 4. The van der Waals surface area contributed by atoms with Gasteiger partial charge in [0.25, 0.3) is 0 Å². The number of aromatic nitrogens is 4. The molecule has 0 radical (unpaired) electrons. The van der Waals surface area contributed by atoms with Crippen LogP contribution in [0.3, 0.4) is 0 Å². The van der Waals surface area contributed by atoms with E-state index in [1.54, 1.807) is 10.9 Å². The molecular formula is C13H13N5. The number of benzene rings is 1. The molecule has 5 nitrogen and oxygen atoms in total. The predicted octanol–water partition coefficient (Wildman–Crippen LogP) is 1.32. The summed E-state index contributed by atoms with van der Waals surface area (Å²) in [6.45, 7) is 0.581. The Morgan fingerprint density at radius 1 is 1.22 bits per heavy atom. The van der Waals surface area contributed by atoms with Gasteiger partial charge in [-0.25, -0.2) is 4.68 Å². The minimum Gasteiger partial charge on any atom is -0.330 e. The lowest BCUT2D eigenvalue weighted by Gasteiger charge is -2.04. The molecule has 0 unspecified atom stereocenters. The monoisotopic (exact) mass is 239 g/mol. The Labute approximate surface area is 104 Å². The van der Waals surface area contributed by atoms with Crippen LogP contribution in [0.2, 0.25) is 0 Å². The van der Waals surface area contributed by atoms with Gasteiger partial charge in [0.2, 0.25) is 0 Å². The number of rotatable bonds is 3. The van der Waals surface area contributed by atoms with Gasteiger partial charge in [-0.1, -0.05) is 17.3 Å². The lowest BCUT2D eigenvalue weighted by Crippen LogP contribution is -2.02. The Morgan fingerprint density at radius 2 is 2.17 bits per heavy atom. The zero-order chi connectivity index (χ0) is 12.4. The van der Waals surface area contributed by atoms with Gasteiger partial charge in [0.1, 0.15) is 0 Å². The van der Waals surface area contributed by atoms with Gasteiger partial charge in [0.05, 0.1) is 17.6 Å². The first-order valence-corrected chi connectivity index (χ1v) is 5.83. The number of nitrogens with two attached hydrogens (primary N) is 1. The Morgan fingerprint density at radius 3 is 3.06 bits per heavy atom. The van der Waals surface area contributed by atoms with Crippen LogP contribution in [0.25, 0.3) is 16.5 Å². The van der Waals surface area contributed by atoms with Crippen molar-refractivity contribution < 1.29 is 0 Å². The van der Waals surface area contributed by atoms with Gasteiger partial charge in [-0.05, 0) is 18.7 Å². The average Bonchev–Trinajstić information content (AvgIpc) is 2.87. The van der Waals surface area contributed by atoms with E-state index in [2.05, 4.69) is 15.3 Å². The average molecular weight is 239 g/mol. The molecule has 3 rings (SSSR count). The Hall–Kier alpha value is -2.27. The minimum absolute atomic E-state index is 0.581. The van der Waals surface area contributed by atoms with E-state index < -0.39 is 0 Å². The summed E-state index contributed by atoms with van der Waals surface area (Å²) in [4.78, 5) is 4.12. The molecule has 2 N–H and O–H groups in total. The van der Waals surface area contributed by atoms with Crippen LogP contribution in [-0.4, -0.2) is 26.5 Å². The molecule has 0 aliphatic rings. The molecule has 2 heterocycles. The van der Waals surface area contributed by atoms with Crippen molar-refractivity contribution in [2.45, 2.75) is 6.42 Å². The van der Waals surface area contributed by atoms with E-state index in [0.29, 0.717) is 6.54 Å². The SMILES string of the molecule is NCCc1cn(-c2cccc3cnccc23)nn1. The highest BCUT2D eigenvalue weighted by Crippen LogP contribution is 2.20. The highest BCUT2D eigenvalue weighted by atomic mass is 15.4. The first-order valence-electron chi connectivity index (χ1n) is 5.83. The summed E-state index contributed by atoms with van der Waals surface area (Å²) < 4.78 is 1.79. The molecule has 2 aromatic heterocycles. The maximum Gasteiger partial charge on any atom is 0.0844 e. The molecule has 0 aliphatic heterocycles. The highest BCUT2D eigenvalue weighted by molar-refractivity contribution is 5.89. The number of fused-ring (bicyclic) bond motifs is 1. The van der Waals surface area contributed by atoms with Crippen molar-refractivity contribution >= 4 is 10.8 Å². The number of hydrogen-bond donors (Lipinski definition) is 1. The maximum absolute atomic E-state index is 5.51. The standard InChI is InChI=1S/C13H13N5/c14-6-4-11-9-18(17-16-11)13-3-1-2-10-8-15-7-5-12(10)13/h1-3,5,7-9H,4,6,14H2. The van der Waals surface area contributed by atoms with Gasteiger partial charge in [-0.2, -0.15) is 0 Å². The molecule has 3 aromatic rings. The first kappa shape index (κ1) is 10.9. The van der Waals surface area contributed by atoms with Crippen LogP contribution >= 0.6 is 0 Å². The lowest BCUT2D eigenvalue weighted by atomic mass is 10.1. The molecule has 1 aromatic carbocycles. The van der Waals surface area contributed by atoms with Gasteiger partial charge < -0.3 is 5.73 Å². The lowest BCUT2D eigenvalue weighted by molar-refractivity contribution is 0.799. The van der Waals surface area contributed by atoms with Gasteiger partial charge in [0.15, 0.2) is 0 Å². The maximum atomic E-state index is 5.51. The molecule has 90 valence electrons. The molecule has 0 saturated carbocycles. The van der Waals surface area contributed by atoms with Crippen molar-refractivity contribution in [2.75, 3.05) is 6.54 Å².